The number of rotatable bonds is 4. The van der Waals surface area contributed by atoms with Gasteiger partial charge in [-0.25, -0.2) is 0 Å². The number of methoxy groups -OCH3 is 1. The third kappa shape index (κ3) is 3.01. The molecule has 3 nitrogen and oxygen atoms in total. The first-order valence-corrected chi connectivity index (χ1v) is 9.72. The number of thiophene rings is 1. The molecule has 0 aliphatic carbocycles. The molecule has 0 radical (unpaired) electrons. The minimum atomic E-state index is 0.0789. The summed E-state index contributed by atoms with van der Waals surface area (Å²) in [5.41, 5.74) is 5.66. The Kier molecular flexibility index (Phi) is 4.51. The highest BCUT2D eigenvalue weighted by Crippen LogP contribution is 2.46. The topological polar surface area (TPSA) is 38.3 Å². The molecule has 2 aromatic carbocycles. The summed E-state index contributed by atoms with van der Waals surface area (Å²) in [7, 11) is 1.66. The van der Waals surface area contributed by atoms with Gasteiger partial charge >= 0.3 is 0 Å². The average Bonchev–Trinajstić information content (AvgIpc) is 3.11. The van der Waals surface area contributed by atoms with E-state index >= 15 is 0 Å². The number of carbonyl (C=O) groups excluding carboxylic acids is 1. The van der Waals surface area contributed by atoms with Gasteiger partial charge in [-0.2, -0.15) is 0 Å². The Hall–Kier alpha value is -2.59. The second kappa shape index (κ2) is 6.96. The third-order valence-corrected chi connectivity index (χ3v) is 6.08. The van der Waals surface area contributed by atoms with Crippen molar-refractivity contribution in [3.63, 3.8) is 0 Å². The quantitative estimate of drug-likeness (QED) is 0.668. The van der Waals surface area contributed by atoms with Gasteiger partial charge in [0.15, 0.2) is 0 Å². The van der Waals surface area contributed by atoms with Gasteiger partial charge in [0.25, 0.3) is 0 Å². The van der Waals surface area contributed by atoms with Crippen molar-refractivity contribution in [3.05, 3.63) is 69.9 Å². The number of ether oxygens (including phenoxy) is 1. The van der Waals surface area contributed by atoms with Gasteiger partial charge in [-0.1, -0.05) is 43.3 Å². The fourth-order valence-corrected chi connectivity index (χ4v) is 4.63. The molecule has 0 unspecified atom stereocenters. The van der Waals surface area contributed by atoms with Crippen molar-refractivity contribution in [1.82, 2.24) is 0 Å². The summed E-state index contributed by atoms with van der Waals surface area (Å²) in [4.78, 5) is 13.6. The highest BCUT2D eigenvalue weighted by molar-refractivity contribution is 7.11. The fraction of sp³-hybridized carbons (Fsp3) is 0.227. The van der Waals surface area contributed by atoms with Crippen LogP contribution < -0.4 is 10.1 Å². The highest BCUT2D eigenvalue weighted by Gasteiger charge is 2.30. The number of amides is 1. The van der Waals surface area contributed by atoms with E-state index in [1.807, 2.05) is 24.3 Å². The molecule has 0 fully saturated rings. The Bertz CT molecular complexity index is 926. The second-order valence-electron chi connectivity index (χ2n) is 6.52. The van der Waals surface area contributed by atoms with Gasteiger partial charge in [0.05, 0.1) is 12.8 Å². The molecule has 3 aromatic rings. The van der Waals surface area contributed by atoms with Gasteiger partial charge in [-0.15, -0.1) is 11.3 Å². The zero-order chi connectivity index (χ0) is 18.1. The zero-order valence-electron chi connectivity index (χ0n) is 14.9. The van der Waals surface area contributed by atoms with Crippen LogP contribution in [0.3, 0.4) is 0 Å². The van der Waals surface area contributed by atoms with E-state index in [-0.39, 0.29) is 11.8 Å². The van der Waals surface area contributed by atoms with Crippen molar-refractivity contribution in [3.8, 4) is 16.9 Å². The first-order valence-electron chi connectivity index (χ1n) is 8.84. The van der Waals surface area contributed by atoms with Crippen LogP contribution in [0.1, 0.15) is 35.3 Å². The smallest absolute Gasteiger partial charge is 0.225 e. The monoisotopic (exact) mass is 363 g/mol. The summed E-state index contributed by atoms with van der Waals surface area (Å²) < 4.78 is 5.24. The summed E-state index contributed by atoms with van der Waals surface area (Å²) in [5.74, 6) is 1.03. The van der Waals surface area contributed by atoms with E-state index < -0.39 is 0 Å². The van der Waals surface area contributed by atoms with Crippen molar-refractivity contribution in [2.24, 2.45) is 0 Å². The molecule has 1 aromatic heterocycles. The number of hydrogen-bond donors (Lipinski definition) is 1. The number of aryl methyl sites for hydroxylation is 1. The SMILES string of the molecule is CCc1ccc([C@@H]2CC(=O)Nc3c(-c4ccc(OC)cc4)csc32)cc1. The summed E-state index contributed by atoms with van der Waals surface area (Å²) in [6.07, 6.45) is 1.53. The predicted molar refractivity (Wildman–Crippen MR) is 107 cm³/mol. The number of anilines is 1. The van der Waals surface area contributed by atoms with Crippen LogP contribution in [0.25, 0.3) is 11.1 Å². The zero-order valence-corrected chi connectivity index (χ0v) is 15.7. The van der Waals surface area contributed by atoms with Gasteiger partial charge in [0, 0.05) is 28.2 Å². The number of hydrogen-bond acceptors (Lipinski definition) is 3. The summed E-state index contributed by atoms with van der Waals surface area (Å²) in [5, 5.41) is 5.24. The van der Waals surface area contributed by atoms with Crippen molar-refractivity contribution in [2.75, 3.05) is 12.4 Å². The first-order chi connectivity index (χ1) is 12.7. The Balaban J connectivity index is 1.74. The van der Waals surface area contributed by atoms with Crippen molar-refractivity contribution >= 4 is 22.9 Å². The molecule has 1 aliphatic heterocycles. The Morgan fingerprint density at radius 1 is 1.12 bits per heavy atom. The van der Waals surface area contributed by atoms with Crippen LogP contribution in [0, 0.1) is 0 Å². The Morgan fingerprint density at radius 3 is 2.50 bits per heavy atom. The number of nitrogens with one attached hydrogen (secondary N) is 1. The summed E-state index contributed by atoms with van der Waals surface area (Å²) in [6.45, 7) is 2.15. The van der Waals surface area contributed by atoms with Gasteiger partial charge in [0.2, 0.25) is 5.91 Å². The van der Waals surface area contributed by atoms with Crippen molar-refractivity contribution < 1.29 is 9.53 Å². The van der Waals surface area contributed by atoms with Gasteiger partial charge in [-0.3, -0.25) is 4.79 Å². The van der Waals surface area contributed by atoms with E-state index in [4.69, 9.17) is 4.74 Å². The van der Waals surface area contributed by atoms with Gasteiger partial charge in [-0.05, 0) is 35.2 Å². The Labute approximate surface area is 157 Å². The van der Waals surface area contributed by atoms with Gasteiger partial charge in [0.1, 0.15) is 5.75 Å². The van der Waals surface area contributed by atoms with Crippen LogP contribution in [0.2, 0.25) is 0 Å². The molecule has 0 spiro atoms. The lowest BCUT2D eigenvalue weighted by atomic mass is 9.88. The van der Waals surface area contributed by atoms with E-state index in [2.05, 4.69) is 41.9 Å². The molecule has 0 saturated carbocycles. The maximum atomic E-state index is 12.4. The lowest BCUT2D eigenvalue weighted by Crippen LogP contribution is -2.22. The van der Waals surface area contributed by atoms with E-state index in [0.717, 1.165) is 29.0 Å². The molecule has 0 bridgehead atoms. The number of carbonyl (C=O) groups is 1. The van der Waals surface area contributed by atoms with E-state index in [1.165, 1.54) is 16.0 Å². The van der Waals surface area contributed by atoms with Crippen LogP contribution >= 0.6 is 11.3 Å². The second-order valence-corrected chi connectivity index (χ2v) is 7.43. The van der Waals surface area contributed by atoms with Crippen molar-refractivity contribution in [2.45, 2.75) is 25.7 Å². The molecule has 0 saturated heterocycles. The van der Waals surface area contributed by atoms with Crippen LogP contribution in [0.4, 0.5) is 5.69 Å². The predicted octanol–water partition coefficient (Wildman–Crippen LogP) is 5.46. The van der Waals surface area contributed by atoms with Crippen LogP contribution in [0.15, 0.2) is 53.9 Å². The third-order valence-electron chi connectivity index (χ3n) is 4.98. The van der Waals surface area contributed by atoms with E-state index in [9.17, 15) is 4.79 Å². The number of fused-ring (bicyclic) bond motifs is 1. The van der Waals surface area contributed by atoms with Crippen LogP contribution in [0.5, 0.6) is 5.75 Å². The average molecular weight is 363 g/mol. The van der Waals surface area contributed by atoms with Crippen LogP contribution in [-0.4, -0.2) is 13.0 Å². The fourth-order valence-electron chi connectivity index (χ4n) is 3.46. The first kappa shape index (κ1) is 16.9. The summed E-state index contributed by atoms with van der Waals surface area (Å²) in [6, 6.07) is 16.6. The molecule has 1 atom stereocenters. The van der Waals surface area contributed by atoms with Gasteiger partial charge < -0.3 is 10.1 Å². The maximum absolute atomic E-state index is 12.4. The van der Waals surface area contributed by atoms with E-state index in [0.29, 0.717) is 6.42 Å². The molecule has 4 heteroatoms. The lowest BCUT2D eigenvalue weighted by molar-refractivity contribution is -0.116. The summed E-state index contributed by atoms with van der Waals surface area (Å²) >= 11 is 1.73. The van der Waals surface area contributed by atoms with Crippen molar-refractivity contribution in [1.29, 1.82) is 0 Å². The molecule has 2 heterocycles. The molecular formula is C22H21NO2S. The normalized spacial score (nSPS) is 16.1. The maximum Gasteiger partial charge on any atom is 0.225 e. The molecular weight excluding hydrogens is 342 g/mol. The minimum absolute atomic E-state index is 0.0789. The molecule has 132 valence electrons. The Morgan fingerprint density at radius 2 is 1.85 bits per heavy atom. The molecule has 1 amide bonds. The molecule has 1 N–H and O–H groups in total. The highest BCUT2D eigenvalue weighted by atomic mass is 32.1. The van der Waals surface area contributed by atoms with Crippen LogP contribution in [-0.2, 0) is 11.2 Å². The molecule has 26 heavy (non-hydrogen) atoms. The number of benzene rings is 2. The molecule has 1 aliphatic rings. The largest absolute Gasteiger partial charge is 0.497 e. The molecule has 4 rings (SSSR count). The lowest BCUT2D eigenvalue weighted by Gasteiger charge is -2.24. The minimum Gasteiger partial charge on any atom is -0.497 e. The van der Waals surface area contributed by atoms with E-state index in [1.54, 1.807) is 18.4 Å². The standard InChI is InChI=1S/C22H21NO2S/c1-3-14-4-6-15(7-5-14)18-12-20(24)23-21-19(13-26-22(18)21)16-8-10-17(25-2)11-9-16/h4-11,13,18H,3,12H2,1-2H3,(H,23,24)/t18-/m0/s1.